The van der Waals surface area contributed by atoms with Gasteiger partial charge in [0.15, 0.2) is 6.39 Å². The van der Waals surface area contributed by atoms with Gasteiger partial charge in [-0.3, -0.25) is 64.6 Å². The van der Waals surface area contributed by atoms with E-state index in [9.17, 15) is 4.79 Å². The van der Waals surface area contributed by atoms with Crippen molar-refractivity contribution in [3.05, 3.63) is 408 Å². The van der Waals surface area contributed by atoms with E-state index < -0.39 is 0 Å². The maximum absolute atomic E-state index is 11.7. The van der Waals surface area contributed by atoms with Crippen LogP contribution in [0.25, 0.3) is 164 Å². The van der Waals surface area contributed by atoms with Crippen molar-refractivity contribution >= 4 is 172 Å². The zero-order valence-electron chi connectivity index (χ0n) is 77.9. The third-order valence-electron chi connectivity index (χ3n) is 25.1. The molecule has 16 heterocycles. The van der Waals surface area contributed by atoms with Crippen molar-refractivity contribution in [2.75, 3.05) is 26.6 Å². The first-order valence-corrected chi connectivity index (χ1v) is 48.6. The lowest BCUT2D eigenvalue weighted by Gasteiger charge is -2.21. The summed E-state index contributed by atoms with van der Waals surface area (Å²) in [4.78, 5) is 73.7. The molecule has 1 atom stereocenters. The molecule has 0 radical (unpaired) electrons. The molecule has 0 bridgehead atoms. The summed E-state index contributed by atoms with van der Waals surface area (Å²) in [6, 6.07) is 68.9. The lowest BCUT2D eigenvalue weighted by Crippen LogP contribution is -2.15. The summed E-state index contributed by atoms with van der Waals surface area (Å²) in [5, 5.41) is 31.6. The minimum atomic E-state index is -0.218. The molecule has 28 nitrogen and oxygen atoms in total. The normalized spacial score (nSPS) is 11.5. The summed E-state index contributed by atoms with van der Waals surface area (Å²) in [7, 11) is 8.24. The zero-order chi connectivity index (χ0) is 96.6. The van der Waals surface area contributed by atoms with Crippen LogP contribution in [0.4, 0.5) is 28.4 Å². The Hall–Kier alpha value is -18.2. The number of nitrogens with one attached hydrogen (secondary N) is 6. The summed E-state index contributed by atoms with van der Waals surface area (Å²) in [6.07, 6.45) is 41.2. The van der Waals surface area contributed by atoms with Crippen LogP contribution < -0.4 is 32.1 Å². The molecule has 26 rings (SSSR count). The van der Waals surface area contributed by atoms with E-state index in [1.807, 2.05) is 72.6 Å². The molecule has 31 heteroatoms. The highest BCUT2D eigenvalue weighted by atomic mass is 32.1. The van der Waals surface area contributed by atoms with Crippen LogP contribution in [-0.2, 0) is 54.4 Å². The number of pyridine rings is 2. The van der Waals surface area contributed by atoms with Gasteiger partial charge in [0.2, 0.25) is 5.56 Å². The Morgan fingerprint density at radius 2 is 0.832 bits per heavy atom. The number of rotatable bonds is 21. The number of nitrogens with zero attached hydrogens (tertiary/aromatic N) is 19. The summed E-state index contributed by atoms with van der Waals surface area (Å²) in [5.74, 6) is 0.779. The summed E-state index contributed by atoms with van der Waals surface area (Å²) >= 11 is 4.87. The van der Waals surface area contributed by atoms with Crippen molar-refractivity contribution in [2.45, 2.75) is 39.1 Å². The van der Waals surface area contributed by atoms with Gasteiger partial charge in [-0.05, 0) is 229 Å². The van der Waals surface area contributed by atoms with Crippen LogP contribution in [0.15, 0.2) is 373 Å². The Bertz CT molecular complexity index is 8300. The third-order valence-corrected chi connectivity index (χ3v) is 27.6. The minimum absolute atomic E-state index is 0.138. The molecule has 143 heavy (non-hydrogen) atoms. The number of anilines is 5. The van der Waals surface area contributed by atoms with Gasteiger partial charge in [-0.15, -0.1) is 22.7 Å². The highest BCUT2D eigenvalue weighted by Gasteiger charge is 2.22. The smallest absolute Gasteiger partial charge is 0.247 e. The summed E-state index contributed by atoms with van der Waals surface area (Å²) in [6.45, 7) is 4.81. The van der Waals surface area contributed by atoms with E-state index >= 15 is 0 Å². The van der Waals surface area contributed by atoms with Gasteiger partial charge < -0.3 is 58.8 Å². The highest BCUT2D eigenvalue weighted by Crippen LogP contribution is 2.41. The quantitative estimate of drug-likeness (QED) is 0.0389. The van der Waals surface area contributed by atoms with E-state index in [0.717, 1.165) is 175 Å². The van der Waals surface area contributed by atoms with Crippen LogP contribution in [0.5, 0.6) is 0 Å². The standard InChI is InChI=1S/C28H21N5OS.2C21H17N5O.2C21H17N5S/c1-17-16-35-25-6-4-18(11-22(17)25)23-12-21(13-24-28(23)31-10-9-30-24)33-27(19-3-2-8-29-14-19)20-5-7-26(34)32-15-20;1-26-7-4-15-2-3-16(8-20(15)26)18-9-17(24-11-14-12-25-27-13-14)10-19-21(18)23-6-5-22-19;1-26-7-4-14-2-3-15(8-20(14)26)18-9-16(25-12-17-11-22-13-27-17)10-19-21(18)24-6-5-23-19;1-26-7-4-15-2-3-16(8-20(15)26)18-9-17(24-11-14-12-25-27-13-14)10-19-21(18)23-6-5-22-19;1-26-7-4-14-2-3-15(8-20(14)26)18-9-16(25-12-17-11-22-13-27-17)10-19-21(18)24-6-5-23-19/h2-16,27,33H,1H3,(H,32,34);2-10,12-13,24H,11H2,1H3;2-11,13,25H,12H2,1H3;2-10,12-13,24H,11H2,1H3;2-11,13,25H,12H2,1H3. The number of fused-ring (bicyclic) bond motifs is 10. The zero-order valence-corrected chi connectivity index (χ0v) is 80.4. The molecule has 6 N–H and O–H groups in total. The van der Waals surface area contributed by atoms with E-state index in [1.54, 1.807) is 116 Å². The summed E-state index contributed by atoms with van der Waals surface area (Å²) < 4.78 is 24.2. The number of hydrogen-bond acceptors (Lipinski definition) is 26. The van der Waals surface area contributed by atoms with Crippen LogP contribution >= 0.6 is 34.2 Å². The minimum Gasteiger partial charge on any atom is -0.447 e. The lowest BCUT2D eigenvalue weighted by atomic mass is 9.98. The average molecular weight is 1930 g/mol. The molecule has 0 aliphatic rings. The molecule has 26 aromatic rings. The average Bonchev–Trinajstić information content (AvgIpc) is 1.73. The van der Waals surface area contributed by atoms with E-state index in [1.165, 1.54) is 93.7 Å². The first-order chi connectivity index (χ1) is 70.3. The van der Waals surface area contributed by atoms with Crippen molar-refractivity contribution in [2.24, 2.45) is 28.2 Å². The Kier molecular flexibility index (Phi) is 25.5. The van der Waals surface area contributed by atoms with Crippen LogP contribution in [0.3, 0.4) is 0 Å². The molecule has 0 saturated carbocycles. The predicted octanol–water partition coefficient (Wildman–Crippen LogP) is 24.6. The van der Waals surface area contributed by atoms with Crippen LogP contribution in [0.1, 0.15) is 44.5 Å². The van der Waals surface area contributed by atoms with Crippen molar-refractivity contribution in [3.8, 4) is 55.6 Å². The number of aryl methyl sites for hydroxylation is 5. The van der Waals surface area contributed by atoms with Gasteiger partial charge in [0.25, 0.3) is 0 Å². The second kappa shape index (κ2) is 40.5. The van der Waals surface area contributed by atoms with Gasteiger partial charge in [0.1, 0.15) is 12.0 Å². The molecule has 0 amide bonds. The van der Waals surface area contributed by atoms with E-state index in [-0.39, 0.29) is 11.6 Å². The van der Waals surface area contributed by atoms with Crippen LogP contribution in [0.2, 0.25) is 0 Å². The number of thiazole rings is 1. The molecule has 0 aliphatic carbocycles. The first-order valence-electron chi connectivity index (χ1n) is 46.0. The number of H-pyrrole nitrogens is 1. The molecule has 0 saturated heterocycles. The largest absolute Gasteiger partial charge is 0.447 e. The van der Waals surface area contributed by atoms with E-state index in [2.05, 4.69) is 340 Å². The third kappa shape index (κ3) is 19.8. The number of aromatic nitrogens is 20. The molecule has 0 spiro atoms. The predicted molar refractivity (Wildman–Crippen MR) is 574 cm³/mol. The highest BCUT2D eigenvalue weighted by molar-refractivity contribution is 7.17. The fourth-order valence-corrected chi connectivity index (χ4v) is 19.8. The fourth-order valence-electron chi connectivity index (χ4n) is 17.8. The number of benzene rings is 10. The number of hydrogen-bond donors (Lipinski definition) is 6. The first kappa shape index (κ1) is 90.0. The number of oxazole rings is 1. The molecule has 16 aromatic heterocycles. The summed E-state index contributed by atoms with van der Waals surface area (Å²) in [5.41, 5.74) is 36.3. The number of aromatic amines is 1. The van der Waals surface area contributed by atoms with Gasteiger partial charge in [-0.25, -0.2) is 9.36 Å². The van der Waals surface area contributed by atoms with Gasteiger partial charge in [-0.2, -0.15) is 0 Å². The van der Waals surface area contributed by atoms with Crippen molar-refractivity contribution in [1.82, 2.24) is 97.6 Å². The Balaban J connectivity index is 0.000000103. The molecule has 1 unspecified atom stereocenters. The second-order valence-electron chi connectivity index (χ2n) is 34.4. The maximum Gasteiger partial charge on any atom is 0.247 e. The van der Waals surface area contributed by atoms with E-state index in [0.29, 0.717) is 13.1 Å². The van der Waals surface area contributed by atoms with Gasteiger partial charge >= 0.3 is 0 Å². The fraction of sp³-hybridized carbons (Fsp3) is 0.0893. The van der Waals surface area contributed by atoms with Crippen molar-refractivity contribution in [1.29, 1.82) is 0 Å². The molecular weight excluding hydrogens is 1840 g/mol. The molecule has 0 aliphatic heterocycles. The van der Waals surface area contributed by atoms with E-state index in [4.69, 9.17) is 8.94 Å². The molecular formula is C112H89N25O3S3. The van der Waals surface area contributed by atoms with Crippen LogP contribution in [-0.4, -0.2) is 97.6 Å². The monoisotopic (exact) mass is 1930 g/mol. The Morgan fingerprint density at radius 3 is 1.25 bits per heavy atom. The molecule has 10 aromatic carbocycles. The number of thiophene rings is 1. The van der Waals surface area contributed by atoms with Gasteiger partial charge in [0, 0.05) is 269 Å². The van der Waals surface area contributed by atoms with Gasteiger partial charge in [-0.1, -0.05) is 65.8 Å². The molecule has 698 valence electrons. The van der Waals surface area contributed by atoms with Crippen molar-refractivity contribution < 1.29 is 8.94 Å². The van der Waals surface area contributed by atoms with Gasteiger partial charge in [0.05, 0.1) is 92.2 Å². The second-order valence-corrected chi connectivity index (χ2v) is 37.0. The van der Waals surface area contributed by atoms with Crippen molar-refractivity contribution in [3.63, 3.8) is 0 Å². The maximum atomic E-state index is 11.7. The lowest BCUT2D eigenvalue weighted by molar-refractivity contribution is 0.419. The topological polar surface area (TPSA) is 332 Å². The Labute approximate surface area is 829 Å². The Morgan fingerprint density at radius 1 is 0.385 bits per heavy atom. The SMILES string of the molecule is Cc1csc2ccc(-c3cc(NC(c4cccnc4)c4ccc(=O)[nH]c4)cc4nccnc34)cc12.Cn1ccc2ccc(-c3cc(NCc4cnco4)cc4nccnc34)cc21.Cn1ccc2ccc(-c3cc(NCc4cncs4)cc4nccnc34)cc21.Cn1ccc2ccc(-c3cc(NCc4cnoc4)cc4nccnc34)cc21.Cn1ccc2ccc(-c3cc(NCc4cnsc4)cc4nccnc34)cc21. The molecule has 0 fully saturated rings. The van der Waals surface area contributed by atoms with Crippen LogP contribution in [0, 0.1) is 6.92 Å².